The molecular formula is C19H17ClN2O4S. The molecule has 140 valence electrons. The fraction of sp³-hybridized carbons (Fsp3) is 0.263. The number of hydrogen-bond acceptors (Lipinski definition) is 6. The molecule has 1 saturated heterocycles. The lowest BCUT2D eigenvalue weighted by atomic mass is 9.96. The van der Waals surface area contributed by atoms with Gasteiger partial charge in [-0.15, -0.1) is 0 Å². The van der Waals surface area contributed by atoms with E-state index in [1.54, 1.807) is 24.3 Å². The zero-order valence-electron chi connectivity index (χ0n) is 14.1. The Labute approximate surface area is 164 Å². The van der Waals surface area contributed by atoms with E-state index in [1.807, 2.05) is 18.2 Å². The maximum Gasteiger partial charge on any atom is 0.257 e. The van der Waals surface area contributed by atoms with E-state index in [0.717, 1.165) is 15.8 Å². The number of ether oxygens (including phenoxy) is 1. The number of aromatic nitrogens is 1. The minimum absolute atomic E-state index is 0.0660. The van der Waals surface area contributed by atoms with Crippen LogP contribution < -0.4 is 5.32 Å². The summed E-state index contributed by atoms with van der Waals surface area (Å²) in [4.78, 5) is 17.0. The number of nitrogens with one attached hydrogen (secondary N) is 1. The van der Waals surface area contributed by atoms with Gasteiger partial charge in [-0.05, 0) is 35.9 Å². The number of halogens is 1. The van der Waals surface area contributed by atoms with Gasteiger partial charge in [0, 0.05) is 17.0 Å². The molecule has 6 nitrogen and oxygen atoms in total. The first-order valence-corrected chi connectivity index (χ1v) is 9.64. The number of benzene rings is 2. The first-order valence-electron chi connectivity index (χ1n) is 8.45. The van der Waals surface area contributed by atoms with Gasteiger partial charge in [-0.1, -0.05) is 35.1 Å². The number of fused-ring (bicyclic) bond motifs is 1. The predicted octanol–water partition coefficient (Wildman–Crippen LogP) is 3.39. The van der Waals surface area contributed by atoms with Crippen LogP contribution in [0.25, 0.3) is 10.2 Å². The molecule has 1 aliphatic heterocycles. The van der Waals surface area contributed by atoms with Crippen LogP contribution in [-0.4, -0.2) is 39.9 Å². The topological polar surface area (TPSA) is 91.7 Å². The van der Waals surface area contributed by atoms with E-state index >= 15 is 0 Å². The Morgan fingerprint density at radius 2 is 2.07 bits per heavy atom. The summed E-state index contributed by atoms with van der Waals surface area (Å²) in [7, 11) is 0. The minimum Gasteiger partial charge on any atom is -0.390 e. The Hall–Kier alpha value is -2.03. The quantitative estimate of drug-likeness (QED) is 0.622. The largest absolute Gasteiger partial charge is 0.390 e. The second kappa shape index (κ2) is 7.53. The molecule has 0 bridgehead atoms. The van der Waals surface area contributed by atoms with Crippen LogP contribution in [-0.2, 0) is 4.74 Å². The molecule has 0 spiro atoms. The average Bonchev–Trinajstić information content (AvgIpc) is 3.05. The summed E-state index contributed by atoms with van der Waals surface area (Å²) < 4.78 is 6.48. The van der Waals surface area contributed by atoms with E-state index in [9.17, 15) is 15.0 Å². The van der Waals surface area contributed by atoms with Crippen molar-refractivity contribution in [1.29, 1.82) is 0 Å². The van der Waals surface area contributed by atoms with Crippen LogP contribution >= 0.6 is 22.9 Å². The fourth-order valence-electron chi connectivity index (χ4n) is 3.00. The lowest BCUT2D eigenvalue weighted by Gasteiger charge is -2.30. The molecule has 4 rings (SSSR count). The van der Waals surface area contributed by atoms with E-state index in [-0.39, 0.29) is 25.0 Å². The lowest BCUT2D eigenvalue weighted by Crippen LogP contribution is -2.37. The third kappa shape index (κ3) is 3.97. The smallest absolute Gasteiger partial charge is 0.257 e. The predicted molar refractivity (Wildman–Crippen MR) is 104 cm³/mol. The average molecular weight is 405 g/mol. The summed E-state index contributed by atoms with van der Waals surface area (Å²) in [6.07, 6.45) is -1.79. The third-order valence-corrected chi connectivity index (χ3v) is 5.63. The Balaban J connectivity index is 1.51. The highest BCUT2D eigenvalue weighted by atomic mass is 35.5. The van der Waals surface area contributed by atoms with Crippen molar-refractivity contribution in [2.45, 2.75) is 24.7 Å². The molecule has 0 saturated carbocycles. The van der Waals surface area contributed by atoms with Crippen molar-refractivity contribution in [1.82, 2.24) is 4.98 Å². The van der Waals surface area contributed by atoms with Crippen LogP contribution in [0.4, 0.5) is 5.13 Å². The molecule has 3 aromatic rings. The maximum atomic E-state index is 12.6. The number of nitrogens with zero attached hydrogens (tertiary/aromatic N) is 1. The van der Waals surface area contributed by atoms with Crippen molar-refractivity contribution in [2.75, 3.05) is 11.9 Å². The molecule has 3 unspecified atom stereocenters. The highest BCUT2D eigenvalue weighted by Crippen LogP contribution is 2.30. The lowest BCUT2D eigenvalue weighted by molar-refractivity contribution is -0.122. The second-order valence-electron chi connectivity index (χ2n) is 6.40. The fourth-order valence-corrected chi connectivity index (χ4v) is 4.14. The number of aliphatic hydroxyl groups is 2. The monoisotopic (exact) mass is 404 g/mol. The van der Waals surface area contributed by atoms with Gasteiger partial charge in [0.05, 0.1) is 29.0 Å². The van der Waals surface area contributed by atoms with Gasteiger partial charge in [-0.25, -0.2) is 4.98 Å². The number of hydrogen-bond donors (Lipinski definition) is 3. The number of carbonyl (C=O) groups is 1. The Morgan fingerprint density at radius 3 is 2.89 bits per heavy atom. The first-order chi connectivity index (χ1) is 13.0. The van der Waals surface area contributed by atoms with E-state index < -0.39 is 12.2 Å². The highest BCUT2D eigenvalue weighted by molar-refractivity contribution is 7.22. The minimum atomic E-state index is -0.875. The van der Waals surface area contributed by atoms with E-state index in [4.69, 9.17) is 16.3 Å². The summed E-state index contributed by atoms with van der Waals surface area (Å²) in [5.41, 5.74) is 2.02. The van der Waals surface area contributed by atoms with Gasteiger partial charge in [0.15, 0.2) is 5.13 Å². The summed E-state index contributed by atoms with van der Waals surface area (Å²) in [5, 5.41) is 23.3. The number of thiazole rings is 1. The van der Waals surface area contributed by atoms with Crippen LogP contribution in [0.3, 0.4) is 0 Å². The number of anilines is 1. The Morgan fingerprint density at radius 1 is 1.22 bits per heavy atom. The van der Waals surface area contributed by atoms with Crippen molar-refractivity contribution in [3.63, 3.8) is 0 Å². The molecule has 1 fully saturated rings. The molecule has 0 radical (unpaired) electrons. The van der Waals surface area contributed by atoms with E-state index in [1.165, 1.54) is 11.3 Å². The summed E-state index contributed by atoms with van der Waals surface area (Å²) in [6.45, 7) is 0.0660. The summed E-state index contributed by atoms with van der Waals surface area (Å²) in [6, 6.07) is 12.4. The molecule has 0 aliphatic carbocycles. The van der Waals surface area contributed by atoms with Crippen molar-refractivity contribution in [3.05, 3.63) is 58.6 Å². The molecule has 1 aromatic heterocycles. The molecule has 2 aromatic carbocycles. The van der Waals surface area contributed by atoms with Crippen molar-refractivity contribution < 1.29 is 19.7 Å². The molecule has 3 atom stereocenters. The maximum absolute atomic E-state index is 12.6. The van der Waals surface area contributed by atoms with Gasteiger partial charge in [0.2, 0.25) is 0 Å². The SMILES string of the molecule is O=C(Nc1nc2ccc(Cl)cc2s1)c1cccc(C2CC(O)C(O)CO2)c1. The van der Waals surface area contributed by atoms with Crippen molar-refractivity contribution in [3.8, 4) is 0 Å². The molecular weight excluding hydrogens is 388 g/mol. The van der Waals surface area contributed by atoms with Crippen LogP contribution in [0.5, 0.6) is 0 Å². The van der Waals surface area contributed by atoms with Gasteiger partial charge in [0.1, 0.15) is 6.10 Å². The number of carbonyl (C=O) groups excluding carboxylic acids is 1. The molecule has 27 heavy (non-hydrogen) atoms. The highest BCUT2D eigenvalue weighted by Gasteiger charge is 2.29. The number of amides is 1. The third-order valence-electron chi connectivity index (χ3n) is 4.46. The summed E-state index contributed by atoms with van der Waals surface area (Å²) >= 11 is 7.34. The van der Waals surface area contributed by atoms with Crippen LogP contribution in [0, 0.1) is 0 Å². The van der Waals surface area contributed by atoms with Crippen LogP contribution in [0.1, 0.15) is 28.4 Å². The zero-order chi connectivity index (χ0) is 19.0. The normalized spacial score (nSPS) is 22.7. The molecule has 8 heteroatoms. The second-order valence-corrected chi connectivity index (χ2v) is 7.87. The Kier molecular flexibility index (Phi) is 5.12. The van der Waals surface area contributed by atoms with Crippen LogP contribution in [0.2, 0.25) is 5.02 Å². The van der Waals surface area contributed by atoms with Gasteiger partial charge >= 0.3 is 0 Å². The zero-order valence-corrected chi connectivity index (χ0v) is 15.7. The van der Waals surface area contributed by atoms with Gasteiger partial charge in [-0.3, -0.25) is 10.1 Å². The van der Waals surface area contributed by atoms with E-state index in [2.05, 4.69) is 10.3 Å². The van der Waals surface area contributed by atoms with E-state index in [0.29, 0.717) is 15.7 Å². The molecule has 3 N–H and O–H groups in total. The standard InChI is InChI=1S/C19H17ClN2O4S/c20-12-4-5-13-17(7-12)27-19(21-13)22-18(25)11-3-1-2-10(6-11)16-8-14(23)15(24)9-26-16/h1-7,14-16,23-24H,8-9H2,(H,21,22,25). The molecule has 2 heterocycles. The summed E-state index contributed by atoms with van der Waals surface area (Å²) in [5.74, 6) is -0.279. The number of aliphatic hydroxyl groups excluding tert-OH is 2. The first kappa shape index (κ1) is 18.3. The molecule has 1 aliphatic rings. The Bertz CT molecular complexity index is 993. The van der Waals surface area contributed by atoms with Gasteiger partial charge in [-0.2, -0.15) is 0 Å². The van der Waals surface area contributed by atoms with Crippen molar-refractivity contribution in [2.24, 2.45) is 0 Å². The van der Waals surface area contributed by atoms with Crippen LogP contribution in [0.15, 0.2) is 42.5 Å². The molecule has 1 amide bonds. The number of rotatable bonds is 3. The van der Waals surface area contributed by atoms with Gasteiger partial charge in [0.25, 0.3) is 5.91 Å². The van der Waals surface area contributed by atoms with Crippen molar-refractivity contribution >= 4 is 44.2 Å². The van der Waals surface area contributed by atoms with Gasteiger partial charge < -0.3 is 14.9 Å².